The van der Waals surface area contributed by atoms with Gasteiger partial charge in [-0.2, -0.15) is 0 Å². The first kappa shape index (κ1) is 16.5. The van der Waals surface area contributed by atoms with Gasteiger partial charge in [0.2, 0.25) is 0 Å². The number of aromatic amines is 1. The molecule has 0 saturated carbocycles. The third kappa shape index (κ3) is 3.01. The fourth-order valence-electron chi connectivity index (χ4n) is 3.31. The van der Waals surface area contributed by atoms with Gasteiger partial charge in [-0.3, -0.25) is 4.79 Å². The van der Waals surface area contributed by atoms with Gasteiger partial charge in [0, 0.05) is 30.2 Å². The summed E-state index contributed by atoms with van der Waals surface area (Å²) >= 11 is 0. The molecule has 2 aromatic rings. The number of amides is 1. The molecule has 1 fully saturated rings. The van der Waals surface area contributed by atoms with E-state index in [4.69, 9.17) is 9.84 Å². The van der Waals surface area contributed by atoms with Crippen molar-refractivity contribution in [3.05, 3.63) is 36.0 Å². The van der Waals surface area contributed by atoms with Crippen LogP contribution in [0.5, 0.6) is 0 Å². The summed E-state index contributed by atoms with van der Waals surface area (Å²) in [5, 5.41) is 10.2. The van der Waals surface area contributed by atoms with Gasteiger partial charge in [-0.1, -0.05) is 25.1 Å². The lowest BCUT2D eigenvalue weighted by Gasteiger charge is -2.24. The number of carboxylic acids is 1. The van der Waals surface area contributed by atoms with Crippen molar-refractivity contribution in [2.75, 3.05) is 6.54 Å². The molecule has 1 aromatic carbocycles. The Morgan fingerprint density at radius 3 is 2.79 bits per heavy atom. The first-order valence-corrected chi connectivity index (χ1v) is 8.23. The van der Waals surface area contributed by atoms with E-state index in [1.54, 1.807) is 4.90 Å². The molecule has 1 aromatic heterocycles. The number of nitrogens with zero attached hydrogens (tertiary/aromatic N) is 1. The molecule has 6 nitrogen and oxygen atoms in total. The van der Waals surface area contributed by atoms with Crippen molar-refractivity contribution in [1.29, 1.82) is 0 Å². The second-order valence-corrected chi connectivity index (χ2v) is 6.31. The zero-order valence-corrected chi connectivity index (χ0v) is 13.9. The number of hydrogen-bond donors (Lipinski definition) is 2. The number of rotatable bonds is 5. The molecule has 1 aliphatic heterocycles. The van der Waals surface area contributed by atoms with E-state index < -0.39 is 18.2 Å². The highest BCUT2D eigenvalue weighted by molar-refractivity contribution is 5.85. The van der Waals surface area contributed by atoms with E-state index in [1.807, 2.05) is 44.3 Å². The summed E-state index contributed by atoms with van der Waals surface area (Å²) < 4.78 is 5.49. The fraction of sp³-hybridized carbons (Fsp3) is 0.444. The molecule has 0 bridgehead atoms. The van der Waals surface area contributed by atoms with Gasteiger partial charge in [-0.05, 0) is 30.9 Å². The van der Waals surface area contributed by atoms with Gasteiger partial charge in [-0.15, -0.1) is 0 Å². The molecule has 1 saturated heterocycles. The second kappa shape index (κ2) is 6.65. The first-order chi connectivity index (χ1) is 11.5. The third-order valence-electron chi connectivity index (χ3n) is 4.66. The fourth-order valence-corrected chi connectivity index (χ4v) is 3.31. The Balaban J connectivity index is 1.74. The number of likely N-dealkylation sites (N-methyl/N-ethyl adjacent to an activating group) is 1. The Morgan fingerprint density at radius 2 is 2.12 bits per heavy atom. The maximum absolute atomic E-state index is 12.8. The van der Waals surface area contributed by atoms with Crippen LogP contribution in [-0.2, 0) is 20.9 Å². The van der Waals surface area contributed by atoms with Crippen LogP contribution in [0.25, 0.3) is 10.9 Å². The number of carbonyl (C=O) groups is 2. The van der Waals surface area contributed by atoms with Crippen molar-refractivity contribution in [2.45, 2.75) is 39.0 Å². The number of ether oxygens (including phenoxy) is 1. The number of carboxylic acid groups (broad SMARTS) is 1. The largest absolute Gasteiger partial charge is 0.479 e. The van der Waals surface area contributed by atoms with Crippen LogP contribution in [0.15, 0.2) is 30.5 Å². The van der Waals surface area contributed by atoms with Crippen molar-refractivity contribution in [3.63, 3.8) is 0 Å². The molecule has 2 heterocycles. The van der Waals surface area contributed by atoms with Crippen molar-refractivity contribution in [2.24, 2.45) is 5.92 Å². The molecule has 0 aliphatic carbocycles. The molecule has 3 atom stereocenters. The maximum Gasteiger partial charge on any atom is 0.333 e. The summed E-state index contributed by atoms with van der Waals surface area (Å²) in [5.74, 6) is -1.31. The van der Waals surface area contributed by atoms with Gasteiger partial charge < -0.3 is 19.7 Å². The number of aromatic nitrogens is 1. The highest BCUT2D eigenvalue weighted by atomic mass is 16.5. The molecule has 1 aliphatic rings. The van der Waals surface area contributed by atoms with Crippen molar-refractivity contribution >= 4 is 22.8 Å². The summed E-state index contributed by atoms with van der Waals surface area (Å²) in [4.78, 5) is 28.8. The van der Waals surface area contributed by atoms with Gasteiger partial charge in [0.25, 0.3) is 5.91 Å². The van der Waals surface area contributed by atoms with Gasteiger partial charge >= 0.3 is 5.97 Å². The average Bonchev–Trinajstić information content (AvgIpc) is 3.16. The summed E-state index contributed by atoms with van der Waals surface area (Å²) in [7, 11) is 0. The molecule has 6 heteroatoms. The highest BCUT2D eigenvalue weighted by Gasteiger charge is 2.41. The van der Waals surface area contributed by atoms with Gasteiger partial charge in [0.15, 0.2) is 6.10 Å². The third-order valence-corrected chi connectivity index (χ3v) is 4.66. The minimum absolute atomic E-state index is 0.140. The highest BCUT2D eigenvalue weighted by Crippen LogP contribution is 2.28. The van der Waals surface area contributed by atoms with E-state index in [2.05, 4.69) is 4.98 Å². The van der Waals surface area contributed by atoms with Crippen LogP contribution < -0.4 is 0 Å². The predicted molar refractivity (Wildman–Crippen MR) is 89.5 cm³/mol. The molecule has 0 radical (unpaired) electrons. The molecule has 3 rings (SSSR count). The average molecular weight is 330 g/mol. The minimum atomic E-state index is -1.00. The van der Waals surface area contributed by atoms with E-state index in [-0.39, 0.29) is 11.8 Å². The monoisotopic (exact) mass is 330 g/mol. The number of para-hydroxylation sites is 1. The smallest absolute Gasteiger partial charge is 0.333 e. The lowest BCUT2D eigenvalue weighted by atomic mass is 10.0. The Morgan fingerprint density at radius 1 is 1.38 bits per heavy atom. The molecular weight excluding hydrogens is 308 g/mol. The van der Waals surface area contributed by atoms with Crippen LogP contribution in [0.2, 0.25) is 0 Å². The zero-order valence-electron chi connectivity index (χ0n) is 13.9. The standard InChI is InChI=1S/C18H22N2O4/c1-3-20(10-12-9-19-14-7-5-4-6-13(12)14)17(21)15-8-11(2)16(24-15)18(22)23/h4-7,9,11,15-16,19H,3,8,10H2,1-2H3,(H,22,23)/t11-,15-,16-/m0/s1. The Hall–Kier alpha value is -2.34. The summed E-state index contributed by atoms with van der Waals surface area (Å²) in [6, 6.07) is 7.95. The second-order valence-electron chi connectivity index (χ2n) is 6.31. The number of aliphatic carboxylic acids is 1. The number of H-pyrrole nitrogens is 1. The van der Waals surface area contributed by atoms with Gasteiger partial charge in [0.1, 0.15) is 6.10 Å². The van der Waals surface area contributed by atoms with Crippen LogP contribution >= 0.6 is 0 Å². The zero-order chi connectivity index (χ0) is 17.3. The molecule has 128 valence electrons. The molecule has 0 spiro atoms. The lowest BCUT2D eigenvalue weighted by Crippen LogP contribution is -2.39. The molecular formula is C18H22N2O4. The predicted octanol–water partition coefficient (Wildman–Crippen LogP) is 2.39. The van der Waals surface area contributed by atoms with Crippen LogP contribution in [0, 0.1) is 5.92 Å². The normalized spacial score (nSPS) is 23.5. The van der Waals surface area contributed by atoms with Crippen LogP contribution in [-0.4, -0.2) is 45.6 Å². The minimum Gasteiger partial charge on any atom is -0.479 e. The molecule has 0 unspecified atom stereocenters. The quantitative estimate of drug-likeness (QED) is 0.882. The van der Waals surface area contributed by atoms with E-state index >= 15 is 0 Å². The van der Waals surface area contributed by atoms with E-state index in [0.717, 1.165) is 16.5 Å². The van der Waals surface area contributed by atoms with E-state index in [1.165, 1.54) is 0 Å². The lowest BCUT2D eigenvalue weighted by molar-refractivity contribution is -0.156. The SMILES string of the molecule is CCN(Cc1c[nH]c2ccccc12)C(=O)[C@@H]1C[C@H](C)[C@@H](C(=O)O)O1. The Labute approximate surface area is 140 Å². The Kier molecular flexibility index (Phi) is 4.57. The van der Waals surface area contributed by atoms with Gasteiger partial charge in [-0.25, -0.2) is 4.79 Å². The van der Waals surface area contributed by atoms with Crippen molar-refractivity contribution in [1.82, 2.24) is 9.88 Å². The Bertz CT molecular complexity index is 754. The van der Waals surface area contributed by atoms with Crippen LogP contribution in [0.4, 0.5) is 0 Å². The molecule has 2 N–H and O–H groups in total. The molecule has 1 amide bonds. The van der Waals surface area contributed by atoms with Crippen LogP contribution in [0.3, 0.4) is 0 Å². The number of hydrogen-bond acceptors (Lipinski definition) is 3. The number of benzene rings is 1. The van der Waals surface area contributed by atoms with Crippen molar-refractivity contribution in [3.8, 4) is 0 Å². The topological polar surface area (TPSA) is 82.6 Å². The van der Waals surface area contributed by atoms with E-state index in [9.17, 15) is 9.59 Å². The summed E-state index contributed by atoms with van der Waals surface area (Å²) in [6.45, 7) is 4.75. The summed E-state index contributed by atoms with van der Waals surface area (Å²) in [6.07, 6.45) is 0.788. The van der Waals surface area contributed by atoms with Gasteiger partial charge in [0.05, 0.1) is 0 Å². The maximum atomic E-state index is 12.8. The first-order valence-electron chi connectivity index (χ1n) is 8.23. The van der Waals surface area contributed by atoms with Crippen molar-refractivity contribution < 1.29 is 19.4 Å². The number of nitrogens with one attached hydrogen (secondary N) is 1. The van der Waals surface area contributed by atoms with Crippen LogP contribution in [0.1, 0.15) is 25.8 Å². The molecule has 24 heavy (non-hydrogen) atoms. The number of carbonyl (C=O) groups excluding carboxylic acids is 1. The van der Waals surface area contributed by atoms with E-state index in [0.29, 0.717) is 19.5 Å². The number of fused-ring (bicyclic) bond motifs is 1. The summed E-state index contributed by atoms with van der Waals surface area (Å²) in [5.41, 5.74) is 2.08.